The molecule has 162 valence electrons. The summed E-state index contributed by atoms with van der Waals surface area (Å²) in [6.07, 6.45) is 1.14. The third-order valence-corrected chi connectivity index (χ3v) is 8.48. The lowest BCUT2D eigenvalue weighted by atomic mass is 9.78. The monoisotopic (exact) mass is 449 g/mol. The molecular weight excluding hydrogens is 422 g/mol. The van der Waals surface area contributed by atoms with Crippen molar-refractivity contribution in [1.29, 1.82) is 0 Å². The van der Waals surface area contributed by atoms with E-state index in [-0.39, 0.29) is 21.7 Å². The number of amides is 1. The van der Waals surface area contributed by atoms with E-state index in [1.54, 1.807) is 32.9 Å². The Morgan fingerprint density at radius 3 is 2.53 bits per heavy atom. The number of hydrogen-bond donors (Lipinski definition) is 1. The highest BCUT2D eigenvalue weighted by molar-refractivity contribution is 7.89. The molecule has 0 unspecified atom stereocenters. The maximum atomic E-state index is 12.9. The predicted octanol–water partition coefficient (Wildman–Crippen LogP) is 3.89. The topological polar surface area (TPSA) is 96.4 Å². The second kappa shape index (κ2) is 8.20. The SMILES string of the molecule is CCN(CC)S(=O)(=O)c1cc(C(=O)Nc2nc3c(s2)C(=O)CC(C)(C)C3)ccc1C. The average Bonchev–Trinajstić information content (AvgIpc) is 3.03. The number of aryl methyl sites for hydroxylation is 1. The van der Waals surface area contributed by atoms with Gasteiger partial charge in [0.25, 0.3) is 5.91 Å². The number of carbonyl (C=O) groups excluding carboxylic acids is 2. The molecule has 0 atom stereocenters. The zero-order valence-electron chi connectivity index (χ0n) is 17.9. The van der Waals surface area contributed by atoms with Crippen LogP contribution in [0.4, 0.5) is 5.13 Å². The number of thiazole rings is 1. The van der Waals surface area contributed by atoms with Gasteiger partial charge in [-0.1, -0.05) is 45.1 Å². The normalized spacial score (nSPS) is 15.9. The van der Waals surface area contributed by atoms with E-state index in [0.717, 1.165) is 0 Å². The number of nitrogens with one attached hydrogen (secondary N) is 1. The van der Waals surface area contributed by atoms with Gasteiger partial charge >= 0.3 is 0 Å². The fourth-order valence-electron chi connectivity index (χ4n) is 3.66. The number of benzene rings is 1. The molecule has 1 aliphatic rings. The maximum Gasteiger partial charge on any atom is 0.257 e. The number of hydrogen-bond acceptors (Lipinski definition) is 6. The van der Waals surface area contributed by atoms with E-state index in [4.69, 9.17) is 0 Å². The van der Waals surface area contributed by atoms with Crippen molar-refractivity contribution in [3.8, 4) is 0 Å². The van der Waals surface area contributed by atoms with E-state index in [9.17, 15) is 18.0 Å². The molecular formula is C21H27N3O4S2. The number of anilines is 1. The molecule has 0 radical (unpaired) electrons. The minimum absolute atomic E-state index is 0.0437. The van der Waals surface area contributed by atoms with E-state index in [1.807, 2.05) is 13.8 Å². The Balaban J connectivity index is 1.88. The minimum Gasteiger partial charge on any atom is -0.298 e. The van der Waals surface area contributed by atoms with Crippen LogP contribution in [0.25, 0.3) is 0 Å². The molecule has 0 bridgehead atoms. The van der Waals surface area contributed by atoms with Crippen molar-refractivity contribution in [2.45, 2.75) is 52.4 Å². The van der Waals surface area contributed by atoms with Crippen LogP contribution < -0.4 is 5.32 Å². The van der Waals surface area contributed by atoms with Gasteiger partial charge in [0.2, 0.25) is 10.0 Å². The largest absolute Gasteiger partial charge is 0.298 e. The number of rotatable bonds is 6. The zero-order chi connectivity index (χ0) is 22.3. The zero-order valence-corrected chi connectivity index (χ0v) is 19.5. The summed E-state index contributed by atoms with van der Waals surface area (Å²) in [5, 5.41) is 3.08. The van der Waals surface area contributed by atoms with Crippen LogP contribution in [-0.4, -0.2) is 42.5 Å². The van der Waals surface area contributed by atoms with Crippen molar-refractivity contribution < 1.29 is 18.0 Å². The number of fused-ring (bicyclic) bond motifs is 1. The lowest BCUT2D eigenvalue weighted by Crippen LogP contribution is -2.31. The lowest BCUT2D eigenvalue weighted by Gasteiger charge is -2.26. The van der Waals surface area contributed by atoms with E-state index in [2.05, 4.69) is 10.3 Å². The maximum absolute atomic E-state index is 12.9. The van der Waals surface area contributed by atoms with Gasteiger partial charge in [-0.25, -0.2) is 13.4 Å². The molecule has 0 saturated carbocycles. The van der Waals surface area contributed by atoms with Crippen LogP contribution >= 0.6 is 11.3 Å². The van der Waals surface area contributed by atoms with Crippen LogP contribution in [0.3, 0.4) is 0 Å². The Morgan fingerprint density at radius 2 is 1.90 bits per heavy atom. The average molecular weight is 450 g/mol. The molecule has 1 amide bonds. The Hall–Kier alpha value is -2.10. The molecule has 0 spiro atoms. The standard InChI is InChI=1S/C21H27N3O4S2/c1-6-24(7-2)30(27,28)17-10-14(9-8-13(17)3)19(26)23-20-22-15-11-21(4,5)12-16(25)18(15)29-20/h8-10H,6-7,11-12H2,1-5H3,(H,22,23,26). The third kappa shape index (κ3) is 4.33. The molecule has 0 aliphatic heterocycles. The number of nitrogens with zero attached hydrogens (tertiary/aromatic N) is 2. The Bertz CT molecular complexity index is 1100. The van der Waals surface area contributed by atoms with Crippen molar-refractivity contribution in [2.75, 3.05) is 18.4 Å². The van der Waals surface area contributed by atoms with E-state index in [0.29, 0.717) is 47.2 Å². The minimum atomic E-state index is -3.69. The molecule has 3 rings (SSSR count). The third-order valence-electron chi connectivity index (χ3n) is 5.23. The lowest BCUT2D eigenvalue weighted by molar-refractivity contribution is 0.0915. The van der Waals surface area contributed by atoms with Crippen LogP contribution in [0.15, 0.2) is 23.1 Å². The highest BCUT2D eigenvalue weighted by atomic mass is 32.2. The molecule has 9 heteroatoms. The van der Waals surface area contributed by atoms with Gasteiger partial charge in [0.1, 0.15) is 0 Å². The molecule has 1 aliphatic carbocycles. The fraction of sp³-hybridized carbons (Fsp3) is 0.476. The molecule has 1 aromatic carbocycles. The fourth-order valence-corrected chi connectivity index (χ4v) is 6.29. The Morgan fingerprint density at radius 1 is 1.23 bits per heavy atom. The van der Waals surface area contributed by atoms with Gasteiger partial charge in [0.15, 0.2) is 10.9 Å². The smallest absolute Gasteiger partial charge is 0.257 e. The van der Waals surface area contributed by atoms with Crippen molar-refractivity contribution in [3.05, 3.63) is 39.9 Å². The summed E-state index contributed by atoms with van der Waals surface area (Å²) in [5.41, 5.74) is 1.37. The Kier molecular flexibility index (Phi) is 6.18. The van der Waals surface area contributed by atoms with Crippen LogP contribution in [0.5, 0.6) is 0 Å². The first kappa shape index (κ1) is 22.6. The van der Waals surface area contributed by atoms with Crippen LogP contribution in [0.1, 0.15) is 65.4 Å². The van der Waals surface area contributed by atoms with E-state index in [1.165, 1.54) is 21.7 Å². The van der Waals surface area contributed by atoms with Gasteiger partial charge in [0, 0.05) is 25.1 Å². The number of Topliss-reactive ketones (excluding diaryl/α,β-unsaturated/α-hetero) is 1. The van der Waals surface area contributed by atoms with Crippen molar-refractivity contribution in [1.82, 2.24) is 9.29 Å². The van der Waals surface area contributed by atoms with Crippen LogP contribution in [0.2, 0.25) is 0 Å². The van der Waals surface area contributed by atoms with Gasteiger partial charge in [0.05, 0.1) is 15.5 Å². The summed E-state index contributed by atoms with van der Waals surface area (Å²) >= 11 is 1.17. The first-order chi connectivity index (χ1) is 14.0. The molecule has 2 aromatic rings. The summed E-state index contributed by atoms with van der Waals surface area (Å²) < 4.78 is 27.2. The van der Waals surface area contributed by atoms with Gasteiger partial charge in [-0.3, -0.25) is 14.9 Å². The first-order valence-corrected chi connectivity index (χ1v) is 12.2. The van der Waals surface area contributed by atoms with Crippen molar-refractivity contribution in [2.24, 2.45) is 5.41 Å². The number of carbonyl (C=O) groups is 2. The highest BCUT2D eigenvalue weighted by Crippen LogP contribution is 2.38. The number of ketones is 1. The molecule has 1 N–H and O–H groups in total. The quantitative estimate of drug-likeness (QED) is 0.722. The van der Waals surface area contributed by atoms with Crippen molar-refractivity contribution in [3.63, 3.8) is 0 Å². The molecule has 0 saturated heterocycles. The van der Waals surface area contributed by atoms with Crippen LogP contribution in [-0.2, 0) is 16.4 Å². The number of sulfonamides is 1. The second-order valence-electron chi connectivity index (χ2n) is 8.26. The van der Waals surface area contributed by atoms with E-state index < -0.39 is 15.9 Å². The molecule has 0 fully saturated rings. The first-order valence-electron chi connectivity index (χ1n) is 9.93. The summed E-state index contributed by atoms with van der Waals surface area (Å²) in [5.74, 6) is -0.411. The molecule has 1 aromatic heterocycles. The van der Waals surface area contributed by atoms with Gasteiger partial charge in [-0.2, -0.15) is 4.31 Å². The van der Waals surface area contributed by atoms with E-state index >= 15 is 0 Å². The molecule has 1 heterocycles. The molecule has 7 nitrogen and oxygen atoms in total. The predicted molar refractivity (Wildman–Crippen MR) is 118 cm³/mol. The van der Waals surface area contributed by atoms with Gasteiger partial charge in [-0.05, 0) is 36.5 Å². The summed E-state index contributed by atoms with van der Waals surface area (Å²) in [7, 11) is -3.69. The van der Waals surface area contributed by atoms with Gasteiger partial charge < -0.3 is 0 Å². The number of aromatic nitrogens is 1. The summed E-state index contributed by atoms with van der Waals surface area (Å²) in [6, 6.07) is 4.62. The van der Waals surface area contributed by atoms with Crippen LogP contribution in [0, 0.1) is 12.3 Å². The Labute approximate surface area is 181 Å². The summed E-state index contributed by atoms with van der Waals surface area (Å²) in [6.45, 7) is 10.0. The van der Waals surface area contributed by atoms with Crippen molar-refractivity contribution >= 4 is 38.2 Å². The highest BCUT2D eigenvalue weighted by Gasteiger charge is 2.34. The summed E-state index contributed by atoms with van der Waals surface area (Å²) in [4.78, 5) is 30.3. The van der Waals surface area contributed by atoms with Gasteiger partial charge in [-0.15, -0.1) is 0 Å². The molecule has 30 heavy (non-hydrogen) atoms. The second-order valence-corrected chi connectivity index (χ2v) is 11.2.